The van der Waals surface area contributed by atoms with Crippen LogP contribution in [0.5, 0.6) is 0 Å². The third-order valence-corrected chi connectivity index (χ3v) is 3.89. The summed E-state index contributed by atoms with van der Waals surface area (Å²) < 4.78 is 23.4. The summed E-state index contributed by atoms with van der Waals surface area (Å²) in [6.07, 6.45) is 1.19. The molecule has 88 valence electrons. The highest BCUT2D eigenvalue weighted by atomic mass is 35.5. The molecule has 0 saturated heterocycles. The largest absolute Gasteiger partial charge is 0.224 e. The second-order valence-corrected chi connectivity index (χ2v) is 6.14. The maximum atomic E-state index is 11.7. The Morgan fingerprint density at radius 1 is 0.941 bits per heavy atom. The van der Waals surface area contributed by atoms with Crippen LogP contribution in [0.15, 0.2) is 53.4 Å². The summed E-state index contributed by atoms with van der Waals surface area (Å²) in [5.41, 5.74) is 1.37. The molecule has 0 bridgehead atoms. The summed E-state index contributed by atoms with van der Waals surface area (Å²) in [5.74, 6) is 0. The number of benzene rings is 2. The van der Waals surface area contributed by atoms with Gasteiger partial charge in [-0.1, -0.05) is 48.0 Å². The zero-order chi connectivity index (χ0) is 12.5. The molecule has 0 aliphatic rings. The Balaban J connectivity index is 2.78. The molecule has 0 heterocycles. The van der Waals surface area contributed by atoms with Gasteiger partial charge < -0.3 is 0 Å². The molecule has 0 radical (unpaired) electrons. The third-order valence-electron chi connectivity index (χ3n) is 2.44. The Hall–Kier alpha value is -1.32. The molecule has 0 amide bonds. The SMILES string of the molecule is CS(=O)(=O)c1cccc(Cl)c1-c1ccccc1. The molecule has 2 aromatic rings. The maximum Gasteiger partial charge on any atom is 0.176 e. The van der Waals surface area contributed by atoms with Gasteiger partial charge in [-0.15, -0.1) is 0 Å². The van der Waals surface area contributed by atoms with Crippen molar-refractivity contribution >= 4 is 21.4 Å². The van der Waals surface area contributed by atoms with E-state index in [0.717, 1.165) is 5.56 Å². The van der Waals surface area contributed by atoms with Gasteiger partial charge in [0.05, 0.1) is 4.90 Å². The fourth-order valence-corrected chi connectivity index (χ4v) is 2.96. The second-order valence-electron chi connectivity index (χ2n) is 3.75. The normalized spacial score (nSPS) is 11.4. The molecular formula is C13H11ClO2S. The smallest absolute Gasteiger partial charge is 0.176 e. The number of halogens is 1. The molecule has 0 atom stereocenters. The number of sulfone groups is 1. The Bertz CT molecular complexity index is 634. The molecule has 0 aliphatic carbocycles. The Morgan fingerprint density at radius 2 is 1.59 bits per heavy atom. The van der Waals surface area contributed by atoms with Crippen LogP contribution in [0.25, 0.3) is 11.1 Å². The fraction of sp³-hybridized carbons (Fsp3) is 0.0769. The van der Waals surface area contributed by atoms with Crippen LogP contribution in [0.2, 0.25) is 5.02 Å². The van der Waals surface area contributed by atoms with Gasteiger partial charge in [-0.3, -0.25) is 0 Å². The topological polar surface area (TPSA) is 34.1 Å². The van der Waals surface area contributed by atoms with Crippen LogP contribution in [0.4, 0.5) is 0 Å². The Kier molecular flexibility index (Phi) is 3.22. The molecule has 4 heteroatoms. The quantitative estimate of drug-likeness (QED) is 0.835. The van der Waals surface area contributed by atoms with Crippen LogP contribution in [0, 0.1) is 0 Å². The molecule has 0 unspecified atom stereocenters. The number of rotatable bonds is 2. The summed E-state index contributed by atoms with van der Waals surface area (Å²) in [6.45, 7) is 0. The van der Waals surface area contributed by atoms with E-state index in [0.29, 0.717) is 10.6 Å². The van der Waals surface area contributed by atoms with E-state index < -0.39 is 9.84 Å². The predicted octanol–water partition coefficient (Wildman–Crippen LogP) is 3.41. The average Bonchev–Trinajstić information content (AvgIpc) is 2.28. The molecule has 0 saturated carbocycles. The minimum Gasteiger partial charge on any atom is -0.224 e. The highest BCUT2D eigenvalue weighted by Crippen LogP contribution is 2.33. The average molecular weight is 267 g/mol. The highest BCUT2D eigenvalue weighted by Gasteiger charge is 2.16. The van der Waals surface area contributed by atoms with E-state index in [2.05, 4.69) is 0 Å². The van der Waals surface area contributed by atoms with Crippen molar-refractivity contribution in [2.24, 2.45) is 0 Å². The summed E-state index contributed by atoms with van der Waals surface area (Å²) in [4.78, 5) is 0.260. The zero-order valence-electron chi connectivity index (χ0n) is 9.22. The van der Waals surface area contributed by atoms with E-state index in [1.54, 1.807) is 18.2 Å². The molecule has 2 aromatic carbocycles. The Morgan fingerprint density at radius 3 is 2.18 bits per heavy atom. The van der Waals surface area contributed by atoms with E-state index in [4.69, 9.17) is 11.6 Å². The molecule has 0 fully saturated rings. The molecular weight excluding hydrogens is 256 g/mol. The first-order valence-electron chi connectivity index (χ1n) is 5.04. The first-order chi connectivity index (χ1) is 8.00. The number of hydrogen-bond donors (Lipinski definition) is 0. The third kappa shape index (κ3) is 2.51. The van der Waals surface area contributed by atoms with Crippen LogP contribution in [0.3, 0.4) is 0 Å². The van der Waals surface area contributed by atoms with Gasteiger partial charge in [-0.25, -0.2) is 8.42 Å². The van der Waals surface area contributed by atoms with Crippen LogP contribution < -0.4 is 0 Å². The van der Waals surface area contributed by atoms with Crippen molar-refractivity contribution in [1.29, 1.82) is 0 Å². The monoisotopic (exact) mass is 266 g/mol. The standard InChI is InChI=1S/C13H11ClO2S/c1-17(15,16)12-9-5-8-11(14)13(12)10-6-3-2-4-7-10/h2-9H,1H3. The molecule has 0 aromatic heterocycles. The summed E-state index contributed by atoms with van der Waals surface area (Å²) in [5, 5.41) is 0.444. The van der Waals surface area contributed by atoms with E-state index in [-0.39, 0.29) is 4.90 Å². The second kappa shape index (κ2) is 4.51. The van der Waals surface area contributed by atoms with Crippen LogP contribution in [0.1, 0.15) is 0 Å². The van der Waals surface area contributed by atoms with Gasteiger partial charge >= 0.3 is 0 Å². The van der Waals surface area contributed by atoms with E-state index in [1.807, 2.05) is 30.3 Å². The van der Waals surface area contributed by atoms with Crippen molar-refractivity contribution in [2.75, 3.05) is 6.26 Å². The zero-order valence-corrected chi connectivity index (χ0v) is 10.8. The molecule has 0 N–H and O–H groups in total. The van der Waals surface area contributed by atoms with E-state index >= 15 is 0 Å². The van der Waals surface area contributed by atoms with Gasteiger partial charge in [0.15, 0.2) is 9.84 Å². The van der Waals surface area contributed by atoms with Crippen molar-refractivity contribution in [2.45, 2.75) is 4.90 Å². The van der Waals surface area contributed by atoms with Gasteiger partial charge in [-0.05, 0) is 17.7 Å². The lowest BCUT2D eigenvalue weighted by Crippen LogP contribution is -2.00. The van der Waals surface area contributed by atoms with Gasteiger partial charge in [0.2, 0.25) is 0 Å². The van der Waals surface area contributed by atoms with Crippen molar-refractivity contribution in [3.05, 3.63) is 53.6 Å². The van der Waals surface area contributed by atoms with Gasteiger partial charge in [0.1, 0.15) is 0 Å². The van der Waals surface area contributed by atoms with E-state index in [9.17, 15) is 8.42 Å². The van der Waals surface area contributed by atoms with Crippen LogP contribution in [-0.2, 0) is 9.84 Å². The van der Waals surface area contributed by atoms with Crippen LogP contribution >= 0.6 is 11.6 Å². The highest BCUT2D eigenvalue weighted by molar-refractivity contribution is 7.90. The Labute approximate surface area is 106 Å². The maximum absolute atomic E-state index is 11.7. The molecule has 0 aliphatic heterocycles. The summed E-state index contributed by atoms with van der Waals surface area (Å²) in [7, 11) is -3.29. The van der Waals surface area contributed by atoms with Gasteiger partial charge in [0, 0.05) is 16.8 Å². The van der Waals surface area contributed by atoms with Crippen LogP contribution in [-0.4, -0.2) is 14.7 Å². The number of hydrogen-bond acceptors (Lipinski definition) is 2. The lowest BCUT2D eigenvalue weighted by Gasteiger charge is -2.09. The minimum absolute atomic E-state index is 0.260. The molecule has 0 spiro atoms. The molecule has 2 nitrogen and oxygen atoms in total. The lowest BCUT2D eigenvalue weighted by atomic mass is 10.1. The molecule has 2 rings (SSSR count). The van der Waals surface area contributed by atoms with Crippen molar-refractivity contribution in [3.8, 4) is 11.1 Å². The van der Waals surface area contributed by atoms with Crippen molar-refractivity contribution in [3.63, 3.8) is 0 Å². The van der Waals surface area contributed by atoms with Crippen molar-refractivity contribution < 1.29 is 8.42 Å². The van der Waals surface area contributed by atoms with E-state index in [1.165, 1.54) is 6.26 Å². The summed E-state index contributed by atoms with van der Waals surface area (Å²) in [6, 6.07) is 14.2. The predicted molar refractivity (Wildman–Crippen MR) is 70.0 cm³/mol. The first kappa shape index (κ1) is 12.1. The molecule has 17 heavy (non-hydrogen) atoms. The minimum atomic E-state index is -3.29. The lowest BCUT2D eigenvalue weighted by molar-refractivity contribution is 0.602. The van der Waals surface area contributed by atoms with Gasteiger partial charge in [-0.2, -0.15) is 0 Å². The van der Waals surface area contributed by atoms with Crippen molar-refractivity contribution in [1.82, 2.24) is 0 Å². The first-order valence-corrected chi connectivity index (χ1v) is 7.31. The fourth-order valence-electron chi connectivity index (χ4n) is 1.70. The van der Waals surface area contributed by atoms with Gasteiger partial charge in [0.25, 0.3) is 0 Å². The summed E-state index contributed by atoms with van der Waals surface area (Å²) >= 11 is 6.11.